The lowest BCUT2D eigenvalue weighted by Gasteiger charge is -2.18. The molecule has 2 rings (SSSR count). The molecule has 0 bridgehead atoms. The minimum atomic E-state index is -1.46. The zero-order valence-electron chi connectivity index (χ0n) is 18.9. The number of ether oxygens (including phenoxy) is 4. The van der Waals surface area contributed by atoms with Crippen LogP contribution >= 0.6 is 23.2 Å². The highest BCUT2D eigenvalue weighted by Crippen LogP contribution is 2.43. The summed E-state index contributed by atoms with van der Waals surface area (Å²) >= 11 is 12.4. The number of carbonyl (C=O) groups excluding carboxylic acids is 2. The fourth-order valence-corrected chi connectivity index (χ4v) is 3.21. The fourth-order valence-electron chi connectivity index (χ4n) is 2.82. The predicted octanol–water partition coefficient (Wildman–Crippen LogP) is 5.49. The molecule has 0 fully saturated rings. The smallest absolute Gasteiger partial charge is 0.258 e. The van der Waals surface area contributed by atoms with Gasteiger partial charge in [0.05, 0.1) is 43.2 Å². The average molecular weight is 498 g/mol. The van der Waals surface area contributed by atoms with Crippen LogP contribution in [0.3, 0.4) is 0 Å². The second-order valence-electron chi connectivity index (χ2n) is 6.47. The molecule has 11 heteroatoms. The number of methoxy groups -OCH3 is 2. The van der Waals surface area contributed by atoms with E-state index in [0.29, 0.717) is 24.0 Å². The molecule has 0 aliphatic rings. The topological polar surface area (TPSA) is 108 Å². The Morgan fingerprint density at radius 3 is 2.15 bits per heavy atom. The van der Waals surface area contributed by atoms with Gasteiger partial charge in [0.2, 0.25) is 6.04 Å². The molecule has 2 aromatic carbocycles. The number of halogens is 2. The minimum absolute atomic E-state index is 0.123. The van der Waals surface area contributed by atoms with E-state index in [1.54, 1.807) is 32.0 Å². The van der Waals surface area contributed by atoms with Gasteiger partial charge in [-0.3, -0.25) is 9.59 Å². The summed E-state index contributed by atoms with van der Waals surface area (Å²) < 4.78 is 21.7. The number of amides is 1. The number of rotatable bonds is 11. The van der Waals surface area contributed by atoms with Crippen molar-refractivity contribution in [2.45, 2.75) is 26.8 Å². The molecule has 0 aliphatic heterocycles. The Hall–Kier alpha value is -3.04. The van der Waals surface area contributed by atoms with Crippen molar-refractivity contribution in [3.05, 3.63) is 34.3 Å². The number of hydrogen-bond donors (Lipinski definition) is 1. The van der Waals surface area contributed by atoms with Gasteiger partial charge in [-0.2, -0.15) is 5.11 Å². The van der Waals surface area contributed by atoms with Crippen molar-refractivity contribution >= 4 is 46.3 Å². The Balaban J connectivity index is 2.41. The normalized spacial score (nSPS) is 11.7. The Kier molecular flexibility index (Phi) is 9.74. The Labute approximate surface area is 202 Å². The summed E-state index contributed by atoms with van der Waals surface area (Å²) in [5, 5.41) is 11.1. The highest BCUT2D eigenvalue weighted by atomic mass is 35.5. The summed E-state index contributed by atoms with van der Waals surface area (Å²) in [7, 11) is 2.87. The Morgan fingerprint density at radius 1 is 0.939 bits per heavy atom. The van der Waals surface area contributed by atoms with E-state index in [9.17, 15) is 9.59 Å². The van der Waals surface area contributed by atoms with E-state index in [4.69, 9.17) is 42.1 Å². The number of carbonyl (C=O) groups is 2. The lowest BCUT2D eigenvalue weighted by Crippen LogP contribution is -2.32. The highest BCUT2D eigenvalue weighted by Gasteiger charge is 2.26. The minimum Gasteiger partial charge on any atom is -0.493 e. The van der Waals surface area contributed by atoms with E-state index in [-0.39, 0.29) is 33.6 Å². The van der Waals surface area contributed by atoms with Crippen LogP contribution in [0.4, 0.5) is 11.4 Å². The average Bonchev–Trinajstić information content (AvgIpc) is 2.78. The lowest BCUT2D eigenvalue weighted by molar-refractivity contribution is -0.126. The number of nitrogens with zero attached hydrogens (tertiary/aromatic N) is 2. The maximum atomic E-state index is 12.9. The van der Waals surface area contributed by atoms with Crippen LogP contribution in [0, 0.1) is 0 Å². The van der Waals surface area contributed by atoms with Crippen LogP contribution in [0.25, 0.3) is 0 Å². The highest BCUT2D eigenvalue weighted by molar-refractivity contribution is 6.33. The van der Waals surface area contributed by atoms with Crippen LogP contribution in [-0.4, -0.2) is 45.2 Å². The number of Topliss-reactive ketones (excluding diaryl/α,β-unsaturated/α-hetero) is 1. The summed E-state index contributed by atoms with van der Waals surface area (Å²) in [4.78, 5) is 25.2. The Morgan fingerprint density at radius 2 is 1.58 bits per heavy atom. The van der Waals surface area contributed by atoms with Crippen molar-refractivity contribution in [3.63, 3.8) is 0 Å². The molecule has 1 unspecified atom stereocenters. The molecule has 9 nitrogen and oxygen atoms in total. The molecule has 0 saturated carbocycles. The van der Waals surface area contributed by atoms with Gasteiger partial charge >= 0.3 is 0 Å². The molecular formula is C22H25Cl2N3O6. The first-order valence-corrected chi connectivity index (χ1v) is 10.7. The molecule has 0 aromatic heterocycles. The summed E-state index contributed by atoms with van der Waals surface area (Å²) in [6, 6.07) is 4.77. The van der Waals surface area contributed by atoms with Crippen molar-refractivity contribution in [2.75, 3.05) is 32.8 Å². The summed E-state index contributed by atoms with van der Waals surface area (Å²) in [6.07, 6.45) is 0. The molecule has 2 aromatic rings. The number of ketones is 1. The molecule has 33 heavy (non-hydrogen) atoms. The van der Waals surface area contributed by atoms with Gasteiger partial charge in [0, 0.05) is 0 Å². The van der Waals surface area contributed by atoms with Gasteiger partial charge < -0.3 is 24.3 Å². The first-order chi connectivity index (χ1) is 15.8. The van der Waals surface area contributed by atoms with E-state index >= 15 is 0 Å². The maximum Gasteiger partial charge on any atom is 0.258 e. The van der Waals surface area contributed by atoms with Gasteiger partial charge in [-0.1, -0.05) is 23.2 Å². The number of hydrogen-bond acceptors (Lipinski definition) is 8. The van der Waals surface area contributed by atoms with Crippen molar-refractivity contribution < 1.29 is 28.5 Å². The van der Waals surface area contributed by atoms with Gasteiger partial charge in [-0.25, -0.2) is 0 Å². The number of azo groups is 1. The number of anilines is 1. The third-order valence-corrected chi connectivity index (χ3v) is 4.88. The van der Waals surface area contributed by atoms with Gasteiger partial charge in [0.25, 0.3) is 5.91 Å². The number of benzene rings is 2. The predicted molar refractivity (Wildman–Crippen MR) is 126 cm³/mol. The van der Waals surface area contributed by atoms with Crippen LogP contribution in [0.15, 0.2) is 34.5 Å². The van der Waals surface area contributed by atoms with E-state index in [2.05, 4.69) is 15.5 Å². The molecule has 0 spiro atoms. The van der Waals surface area contributed by atoms with Crippen molar-refractivity contribution in [1.82, 2.24) is 0 Å². The molecule has 1 N–H and O–H groups in total. The van der Waals surface area contributed by atoms with Crippen LogP contribution in [0.1, 0.15) is 20.8 Å². The third-order valence-electron chi connectivity index (χ3n) is 4.28. The summed E-state index contributed by atoms with van der Waals surface area (Å²) in [6.45, 7) is 5.43. The van der Waals surface area contributed by atoms with Crippen LogP contribution in [-0.2, 0) is 9.59 Å². The zero-order valence-corrected chi connectivity index (χ0v) is 20.4. The molecule has 1 amide bonds. The van der Waals surface area contributed by atoms with Crippen molar-refractivity contribution in [1.29, 1.82) is 0 Å². The molecule has 178 valence electrons. The standard InChI is InChI=1S/C22H25Cl2N3O6/c1-6-32-19-14(24)8-10-15(20(19)33-7-2)25-22(29)17(12(3)28)26-27-18-13(23)9-11-16(30-4)21(18)31-5/h8-11,17H,6-7H2,1-5H3,(H,25,29). The fraction of sp³-hybridized carbons (Fsp3) is 0.364. The zero-order chi connectivity index (χ0) is 24.5. The second-order valence-corrected chi connectivity index (χ2v) is 7.28. The van der Waals surface area contributed by atoms with Gasteiger partial charge in [0.15, 0.2) is 28.8 Å². The van der Waals surface area contributed by atoms with Crippen LogP contribution in [0.2, 0.25) is 10.0 Å². The summed E-state index contributed by atoms with van der Waals surface area (Å²) in [5.41, 5.74) is 0.394. The van der Waals surface area contributed by atoms with E-state index < -0.39 is 17.7 Å². The first-order valence-electron chi connectivity index (χ1n) is 9.99. The molecule has 0 saturated heterocycles. The van der Waals surface area contributed by atoms with Gasteiger partial charge in [-0.15, -0.1) is 5.11 Å². The van der Waals surface area contributed by atoms with Gasteiger partial charge in [0.1, 0.15) is 5.69 Å². The van der Waals surface area contributed by atoms with E-state index in [0.717, 1.165) is 0 Å². The quantitative estimate of drug-likeness (QED) is 0.324. The monoisotopic (exact) mass is 497 g/mol. The van der Waals surface area contributed by atoms with Crippen molar-refractivity contribution in [2.24, 2.45) is 10.2 Å². The van der Waals surface area contributed by atoms with Gasteiger partial charge in [-0.05, 0) is 45.0 Å². The van der Waals surface area contributed by atoms with E-state index in [1.807, 2.05) is 0 Å². The summed E-state index contributed by atoms with van der Waals surface area (Å²) in [5.74, 6) is -0.148. The van der Waals surface area contributed by atoms with E-state index in [1.165, 1.54) is 27.2 Å². The van der Waals surface area contributed by atoms with Crippen LogP contribution < -0.4 is 24.3 Å². The molecular weight excluding hydrogens is 473 g/mol. The molecule has 0 aliphatic carbocycles. The SMILES string of the molecule is CCOc1c(Cl)ccc(NC(=O)C(N=Nc2c(Cl)ccc(OC)c2OC)C(C)=O)c1OCC. The molecule has 0 radical (unpaired) electrons. The second kappa shape index (κ2) is 12.3. The largest absolute Gasteiger partial charge is 0.493 e. The maximum absolute atomic E-state index is 12.9. The third kappa shape index (κ3) is 6.27. The molecule has 1 atom stereocenters. The van der Waals surface area contributed by atoms with Crippen LogP contribution in [0.5, 0.6) is 23.0 Å². The van der Waals surface area contributed by atoms with Crippen molar-refractivity contribution in [3.8, 4) is 23.0 Å². The first kappa shape index (κ1) is 26.2. The lowest BCUT2D eigenvalue weighted by atomic mass is 10.2. The number of nitrogens with one attached hydrogen (secondary N) is 1. The Bertz CT molecular complexity index is 1050. The molecule has 0 heterocycles.